The van der Waals surface area contributed by atoms with E-state index in [1.807, 2.05) is 23.6 Å². The number of aromatic nitrogens is 1. The van der Waals surface area contributed by atoms with E-state index in [0.29, 0.717) is 49.8 Å². The van der Waals surface area contributed by atoms with Gasteiger partial charge in [0.2, 0.25) is 5.91 Å². The molecule has 0 atom stereocenters. The summed E-state index contributed by atoms with van der Waals surface area (Å²) in [6.45, 7) is 1.06. The Kier molecular flexibility index (Phi) is 4.58. The molecule has 1 aromatic carbocycles. The number of imide groups is 1. The summed E-state index contributed by atoms with van der Waals surface area (Å²) in [7, 11) is 0. The highest BCUT2D eigenvalue weighted by atomic mass is 32.1. The predicted octanol–water partition coefficient (Wildman–Crippen LogP) is 2.29. The summed E-state index contributed by atoms with van der Waals surface area (Å²) in [5, 5.41) is 10.3. The molecular formula is C20H20N4O5S. The number of fused-ring (bicyclic) bond motifs is 1. The van der Waals surface area contributed by atoms with Crippen LogP contribution in [-0.2, 0) is 9.59 Å². The minimum atomic E-state index is -0.861. The Balaban J connectivity index is 1.22. The van der Waals surface area contributed by atoms with Crippen molar-refractivity contribution in [1.82, 2.24) is 15.6 Å². The van der Waals surface area contributed by atoms with Crippen LogP contribution in [0.1, 0.15) is 25.7 Å². The third-order valence-electron chi connectivity index (χ3n) is 5.80. The highest BCUT2D eigenvalue weighted by molar-refractivity contribution is 7.14. The molecule has 1 spiro atoms. The number of hydrogen-bond donors (Lipinski definition) is 3. The van der Waals surface area contributed by atoms with Gasteiger partial charge in [0.15, 0.2) is 16.6 Å². The molecule has 0 bridgehead atoms. The number of rotatable bonds is 3. The first-order chi connectivity index (χ1) is 14.5. The molecule has 1 aliphatic carbocycles. The van der Waals surface area contributed by atoms with Gasteiger partial charge in [-0.1, -0.05) is 0 Å². The molecule has 156 valence electrons. The average molecular weight is 428 g/mol. The Morgan fingerprint density at radius 3 is 2.67 bits per heavy atom. The van der Waals surface area contributed by atoms with Crippen molar-refractivity contribution in [2.75, 3.05) is 18.5 Å². The van der Waals surface area contributed by atoms with E-state index >= 15 is 0 Å². The summed E-state index contributed by atoms with van der Waals surface area (Å²) in [5.41, 5.74) is 0.777. The Morgan fingerprint density at radius 2 is 1.93 bits per heavy atom. The Bertz CT molecular complexity index is 1030. The second-order valence-electron chi connectivity index (χ2n) is 7.65. The van der Waals surface area contributed by atoms with Gasteiger partial charge in [-0.25, -0.2) is 9.78 Å². The number of anilines is 1. The van der Waals surface area contributed by atoms with Gasteiger partial charge in [-0.15, -0.1) is 11.3 Å². The molecule has 3 heterocycles. The van der Waals surface area contributed by atoms with Gasteiger partial charge in [0.25, 0.3) is 5.91 Å². The lowest BCUT2D eigenvalue weighted by molar-refractivity contribution is -0.128. The van der Waals surface area contributed by atoms with E-state index in [1.54, 1.807) is 0 Å². The van der Waals surface area contributed by atoms with Crippen molar-refractivity contribution in [3.05, 3.63) is 23.6 Å². The lowest BCUT2D eigenvalue weighted by Crippen LogP contribution is -2.50. The van der Waals surface area contributed by atoms with Crippen molar-refractivity contribution < 1.29 is 23.9 Å². The fraction of sp³-hybridized carbons (Fsp3) is 0.400. The SMILES string of the molecule is O=C1NC(=O)C2(CCC(C(=O)Nc3nc(-c4ccc5c(c4)OCCO5)cs3)CC2)N1. The minimum absolute atomic E-state index is 0.113. The van der Waals surface area contributed by atoms with E-state index in [1.165, 1.54) is 11.3 Å². The van der Waals surface area contributed by atoms with E-state index < -0.39 is 11.6 Å². The first-order valence-electron chi connectivity index (χ1n) is 9.82. The van der Waals surface area contributed by atoms with Crippen LogP contribution in [-0.4, -0.2) is 41.6 Å². The van der Waals surface area contributed by atoms with Gasteiger partial charge in [0, 0.05) is 16.9 Å². The highest BCUT2D eigenvalue weighted by Crippen LogP contribution is 2.37. The van der Waals surface area contributed by atoms with Gasteiger partial charge >= 0.3 is 6.03 Å². The molecule has 4 amide bonds. The van der Waals surface area contributed by atoms with Crippen LogP contribution >= 0.6 is 11.3 Å². The Morgan fingerprint density at radius 1 is 1.17 bits per heavy atom. The van der Waals surface area contributed by atoms with Crippen LogP contribution < -0.4 is 25.4 Å². The van der Waals surface area contributed by atoms with Crippen molar-refractivity contribution in [1.29, 1.82) is 0 Å². The van der Waals surface area contributed by atoms with Crippen molar-refractivity contribution >= 4 is 34.3 Å². The van der Waals surface area contributed by atoms with Crippen molar-refractivity contribution in [3.8, 4) is 22.8 Å². The second kappa shape index (κ2) is 7.28. The third kappa shape index (κ3) is 3.36. The molecule has 1 aromatic heterocycles. The summed E-state index contributed by atoms with van der Waals surface area (Å²) >= 11 is 1.36. The van der Waals surface area contributed by atoms with E-state index in [-0.39, 0.29) is 17.7 Å². The maximum Gasteiger partial charge on any atom is 0.322 e. The van der Waals surface area contributed by atoms with Gasteiger partial charge in [-0.05, 0) is 43.9 Å². The van der Waals surface area contributed by atoms with Gasteiger partial charge in [0.05, 0.1) is 5.69 Å². The van der Waals surface area contributed by atoms with Crippen LogP contribution in [0, 0.1) is 5.92 Å². The van der Waals surface area contributed by atoms with Crippen molar-refractivity contribution in [2.24, 2.45) is 5.92 Å². The van der Waals surface area contributed by atoms with E-state index in [4.69, 9.17) is 9.47 Å². The zero-order valence-corrected chi connectivity index (χ0v) is 16.8. The Hall–Kier alpha value is -3.14. The monoisotopic (exact) mass is 428 g/mol. The number of nitrogens with one attached hydrogen (secondary N) is 3. The van der Waals surface area contributed by atoms with Crippen LogP contribution in [0.4, 0.5) is 9.93 Å². The van der Waals surface area contributed by atoms with Gasteiger partial charge in [-0.2, -0.15) is 0 Å². The molecule has 5 rings (SSSR count). The molecule has 9 nitrogen and oxygen atoms in total. The number of carbonyl (C=O) groups is 3. The number of hydrogen-bond acceptors (Lipinski definition) is 7. The zero-order valence-electron chi connectivity index (χ0n) is 16.0. The quantitative estimate of drug-likeness (QED) is 0.646. The number of carbonyl (C=O) groups excluding carboxylic acids is 3. The number of ether oxygens (including phenoxy) is 2. The van der Waals surface area contributed by atoms with Crippen LogP contribution in [0.3, 0.4) is 0 Å². The molecule has 2 fully saturated rings. The summed E-state index contributed by atoms with van der Waals surface area (Å²) in [5.74, 6) is 0.781. The molecule has 30 heavy (non-hydrogen) atoms. The maximum atomic E-state index is 12.7. The maximum absolute atomic E-state index is 12.7. The first kappa shape index (κ1) is 18.9. The molecule has 1 saturated heterocycles. The molecule has 0 radical (unpaired) electrons. The van der Waals surface area contributed by atoms with E-state index in [9.17, 15) is 14.4 Å². The number of nitrogens with zero attached hydrogens (tertiary/aromatic N) is 1. The fourth-order valence-corrected chi connectivity index (χ4v) is 4.85. The highest BCUT2D eigenvalue weighted by Gasteiger charge is 2.48. The number of amides is 4. The fourth-order valence-electron chi connectivity index (χ4n) is 4.13. The molecular weight excluding hydrogens is 408 g/mol. The number of thiazole rings is 1. The molecule has 2 aromatic rings. The van der Waals surface area contributed by atoms with E-state index in [0.717, 1.165) is 17.0 Å². The number of benzene rings is 1. The Labute approximate surface area is 176 Å². The standard InChI is InChI=1S/C20H20N4O5S/c25-16(11-3-5-20(6-4-11)17(26)23-18(27)24-20)22-19-21-13(10-30-19)12-1-2-14-15(9-12)29-8-7-28-14/h1-2,9-11H,3-8H2,(H,21,22,25)(H2,23,24,26,27). The summed E-state index contributed by atoms with van der Waals surface area (Å²) < 4.78 is 11.2. The molecule has 2 aliphatic heterocycles. The normalized spacial score (nSPS) is 25.0. The van der Waals surface area contributed by atoms with Crippen LogP contribution in [0.2, 0.25) is 0 Å². The first-order valence-corrected chi connectivity index (χ1v) is 10.7. The van der Waals surface area contributed by atoms with Gasteiger partial charge in [0.1, 0.15) is 18.8 Å². The van der Waals surface area contributed by atoms with E-state index in [2.05, 4.69) is 20.9 Å². The second-order valence-corrected chi connectivity index (χ2v) is 8.51. The molecule has 0 unspecified atom stereocenters. The molecule has 10 heteroatoms. The van der Waals surface area contributed by atoms with Crippen LogP contribution in [0.15, 0.2) is 23.6 Å². The lowest BCUT2D eigenvalue weighted by atomic mass is 9.76. The smallest absolute Gasteiger partial charge is 0.322 e. The molecule has 3 N–H and O–H groups in total. The van der Waals surface area contributed by atoms with Gasteiger partial charge in [-0.3, -0.25) is 14.9 Å². The minimum Gasteiger partial charge on any atom is -0.486 e. The topological polar surface area (TPSA) is 119 Å². The number of urea groups is 1. The summed E-state index contributed by atoms with van der Waals surface area (Å²) in [4.78, 5) is 40.7. The molecule has 1 saturated carbocycles. The predicted molar refractivity (Wildman–Crippen MR) is 109 cm³/mol. The third-order valence-corrected chi connectivity index (χ3v) is 6.55. The average Bonchev–Trinajstić information content (AvgIpc) is 3.32. The largest absolute Gasteiger partial charge is 0.486 e. The van der Waals surface area contributed by atoms with Crippen LogP contribution in [0.25, 0.3) is 11.3 Å². The van der Waals surface area contributed by atoms with Crippen molar-refractivity contribution in [2.45, 2.75) is 31.2 Å². The summed E-state index contributed by atoms with van der Waals surface area (Å²) in [6.07, 6.45) is 1.95. The van der Waals surface area contributed by atoms with Gasteiger partial charge < -0.3 is 20.1 Å². The van der Waals surface area contributed by atoms with Crippen molar-refractivity contribution in [3.63, 3.8) is 0 Å². The zero-order chi connectivity index (χ0) is 20.7. The summed E-state index contributed by atoms with van der Waals surface area (Å²) in [6, 6.07) is 5.20. The van der Waals surface area contributed by atoms with Crippen LogP contribution in [0.5, 0.6) is 11.5 Å². The molecule has 3 aliphatic rings. The lowest BCUT2D eigenvalue weighted by Gasteiger charge is -2.33.